The summed E-state index contributed by atoms with van der Waals surface area (Å²) in [6, 6.07) is 43.7. The second kappa shape index (κ2) is 10.1. The highest BCUT2D eigenvalue weighted by molar-refractivity contribution is 5.52. The Morgan fingerprint density at radius 1 is 0.389 bits per heavy atom. The van der Waals surface area contributed by atoms with E-state index in [0.717, 1.165) is 23.0 Å². The minimum Gasteiger partial charge on any atom is -0.457 e. The zero-order valence-electron chi connectivity index (χ0n) is 20.9. The van der Waals surface area contributed by atoms with Gasteiger partial charge < -0.3 is 9.47 Å². The fourth-order valence-corrected chi connectivity index (χ4v) is 4.47. The van der Waals surface area contributed by atoms with Gasteiger partial charge in [-0.3, -0.25) is 0 Å². The number of aryl methyl sites for hydroxylation is 2. The van der Waals surface area contributed by atoms with Crippen LogP contribution >= 0.6 is 0 Å². The average molecular weight is 471 g/mol. The average Bonchev–Trinajstić information content (AvgIpc) is 2.92. The molecular formula is C34H30O2. The van der Waals surface area contributed by atoms with Crippen molar-refractivity contribution in [2.45, 2.75) is 26.2 Å². The number of benzene rings is 5. The van der Waals surface area contributed by atoms with Crippen molar-refractivity contribution in [1.82, 2.24) is 0 Å². The Morgan fingerprint density at radius 3 is 1.06 bits per heavy atom. The van der Waals surface area contributed by atoms with Crippen LogP contribution in [0.15, 0.2) is 127 Å². The first-order valence-corrected chi connectivity index (χ1v) is 12.3. The number of hydrogen-bond acceptors (Lipinski definition) is 2. The second-order valence-electron chi connectivity index (χ2n) is 9.37. The first-order valence-electron chi connectivity index (χ1n) is 12.3. The molecule has 36 heavy (non-hydrogen) atoms. The third-order valence-corrected chi connectivity index (χ3v) is 6.73. The standard InChI is InChI=1S/C34H30O2/c1-25-9-17-30(18-10-25)35-32-21-13-28(14-22-32)34(3,27-7-5-4-6-8-27)29-15-23-33(24-16-29)36-31-19-11-26(2)12-20-31/h4-24H,1-3H3. The van der Waals surface area contributed by atoms with Gasteiger partial charge in [-0.25, -0.2) is 0 Å². The van der Waals surface area contributed by atoms with E-state index in [0.29, 0.717) is 0 Å². The molecule has 5 rings (SSSR count). The first-order chi connectivity index (χ1) is 17.5. The van der Waals surface area contributed by atoms with E-state index in [9.17, 15) is 0 Å². The zero-order valence-corrected chi connectivity index (χ0v) is 20.9. The van der Waals surface area contributed by atoms with Crippen molar-refractivity contribution in [3.8, 4) is 23.0 Å². The SMILES string of the molecule is Cc1ccc(Oc2ccc(C(C)(c3ccccc3)c3ccc(Oc4ccc(C)cc4)cc3)cc2)cc1. The minimum absolute atomic E-state index is 0.341. The Bertz CT molecular complexity index is 1310. The molecule has 0 aliphatic heterocycles. The Labute approximate surface area is 213 Å². The summed E-state index contributed by atoms with van der Waals surface area (Å²) in [6.45, 7) is 6.42. The summed E-state index contributed by atoms with van der Waals surface area (Å²) in [5.41, 5.74) is 5.70. The van der Waals surface area contributed by atoms with Crippen molar-refractivity contribution in [1.29, 1.82) is 0 Å². The van der Waals surface area contributed by atoms with Gasteiger partial charge in [0.1, 0.15) is 23.0 Å². The molecule has 0 radical (unpaired) electrons. The lowest BCUT2D eigenvalue weighted by Gasteiger charge is -2.32. The van der Waals surface area contributed by atoms with Gasteiger partial charge in [0.2, 0.25) is 0 Å². The topological polar surface area (TPSA) is 18.5 Å². The van der Waals surface area contributed by atoms with E-state index in [1.54, 1.807) is 0 Å². The van der Waals surface area contributed by atoms with Crippen molar-refractivity contribution in [2.24, 2.45) is 0 Å². The predicted octanol–water partition coefficient (Wildman–Crippen LogP) is 9.24. The zero-order chi connectivity index (χ0) is 25.0. The molecule has 178 valence electrons. The van der Waals surface area contributed by atoms with E-state index < -0.39 is 0 Å². The molecule has 0 saturated carbocycles. The van der Waals surface area contributed by atoms with Crippen molar-refractivity contribution in [2.75, 3.05) is 0 Å². The van der Waals surface area contributed by atoms with Crippen LogP contribution in [-0.2, 0) is 5.41 Å². The van der Waals surface area contributed by atoms with Gasteiger partial charge >= 0.3 is 0 Å². The van der Waals surface area contributed by atoms with Crippen LogP contribution in [0.25, 0.3) is 0 Å². The van der Waals surface area contributed by atoms with Gasteiger partial charge in [-0.05, 0) is 86.0 Å². The fourth-order valence-electron chi connectivity index (χ4n) is 4.47. The number of rotatable bonds is 7. The summed E-state index contributed by atoms with van der Waals surface area (Å²) >= 11 is 0. The highest BCUT2D eigenvalue weighted by Gasteiger charge is 2.31. The molecule has 5 aromatic carbocycles. The molecular weight excluding hydrogens is 440 g/mol. The Balaban J connectivity index is 1.45. The van der Waals surface area contributed by atoms with Gasteiger partial charge in [-0.1, -0.05) is 90.0 Å². The monoisotopic (exact) mass is 470 g/mol. The van der Waals surface area contributed by atoms with Crippen LogP contribution in [0.1, 0.15) is 34.7 Å². The first kappa shape index (κ1) is 23.4. The molecule has 2 nitrogen and oxygen atoms in total. The van der Waals surface area contributed by atoms with Crippen LogP contribution in [0, 0.1) is 13.8 Å². The highest BCUT2D eigenvalue weighted by atomic mass is 16.5. The lowest BCUT2D eigenvalue weighted by molar-refractivity contribution is 0.481. The van der Waals surface area contributed by atoms with Crippen molar-refractivity contribution < 1.29 is 9.47 Å². The Hall–Kier alpha value is -4.30. The third kappa shape index (κ3) is 5.04. The summed E-state index contributed by atoms with van der Waals surface area (Å²) in [7, 11) is 0. The molecule has 0 atom stereocenters. The van der Waals surface area contributed by atoms with E-state index in [-0.39, 0.29) is 5.41 Å². The molecule has 0 aliphatic carbocycles. The number of ether oxygens (including phenoxy) is 2. The summed E-state index contributed by atoms with van der Waals surface area (Å²) in [4.78, 5) is 0. The van der Waals surface area contributed by atoms with Gasteiger partial charge in [0.15, 0.2) is 0 Å². The van der Waals surface area contributed by atoms with Gasteiger partial charge in [0.05, 0.1) is 0 Å². The maximum atomic E-state index is 6.08. The molecule has 0 amide bonds. The van der Waals surface area contributed by atoms with Crippen LogP contribution in [-0.4, -0.2) is 0 Å². The van der Waals surface area contributed by atoms with E-state index in [1.807, 2.05) is 48.5 Å². The molecule has 0 heterocycles. The molecule has 0 unspecified atom stereocenters. The lowest BCUT2D eigenvalue weighted by Crippen LogP contribution is -2.25. The third-order valence-electron chi connectivity index (χ3n) is 6.73. The summed E-state index contributed by atoms with van der Waals surface area (Å²) in [6.07, 6.45) is 0. The molecule has 0 aromatic heterocycles. The van der Waals surface area contributed by atoms with Gasteiger partial charge in [0, 0.05) is 5.41 Å². The Kier molecular flexibility index (Phi) is 6.60. The largest absolute Gasteiger partial charge is 0.457 e. The van der Waals surface area contributed by atoms with Crippen molar-refractivity contribution in [3.63, 3.8) is 0 Å². The predicted molar refractivity (Wildman–Crippen MR) is 147 cm³/mol. The number of hydrogen-bond donors (Lipinski definition) is 0. The van der Waals surface area contributed by atoms with Crippen molar-refractivity contribution in [3.05, 3.63) is 155 Å². The maximum Gasteiger partial charge on any atom is 0.127 e. The van der Waals surface area contributed by atoms with Crippen molar-refractivity contribution >= 4 is 0 Å². The summed E-state index contributed by atoms with van der Waals surface area (Å²) in [5.74, 6) is 3.31. The van der Waals surface area contributed by atoms with Crippen LogP contribution in [0.3, 0.4) is 0 Å². The van der Waals surface area contributed by atoms with Crippen LogP contribution < -0.4 is 9.47 Å². The molecule has 0 aliphatic rings. The van der Waals surface area contributed by atoms with Crippen LogP contribution in [0.4, 0.5) is 0 Å². The van der Waals surface area contributed by atoms with Gasteiger partial charge in [-0.2, -0.15) is 0 Å². The summed E-state index contributed by atoms with van der Waals surface area (Å²) in [5, 5.41) is 0. The molecule has 0 bridgehead atoms. The quantitative estimate of drug-likeness (QED) is 0.221. The molecule has 0 saturated heterocycles. The van der Waals surface area contributed by atoms with E-state index in [2.05, 4.69) is 99.6 Å². The molecule has 0 fully saturated rings. The Morgan fingerprint density at radius 2 is 0.694 bits per heavy atom. The second-order valence-corrected chi connectivity index (χ2v) is 9.37. The van der Waals surface area contributed by atoms with Gasteiger partial charge in [0.25, 0.3) is 0 Å². The van der Waals surface area contributed by atoms with E-state index in [4.69, 9.17) is 9.47 Å². The minimum atomic E-state index is -0.341. The molecule has 0 spiro atoms. The smallest absolute Gasteiger partial charge is 0.127 e. The fraction of sp³-hybridized carbons (Fsp3) is 0.118. The lowest BCUT2D eigenvalue weighted by atomic mass is 9.71. The van der Waals surface area contributed by atoms with E-state index in [1.165, 1.54) is 27.8 Å². The maximum absolute atomic E-state index is 6.08. The van der Waals surface area contributed by atoms with Gasteiger partial charge in [-0.15, -0.1) is 0 Å². The molecule has 0 N–H and O–H groups in total. The normalized spacial score (nSPS) is 11.2. The van der Waals surface area contributed by atoms with E-state index >= 15 is 0 Å². The summed E-state index contributed by atoms with van der Waals surface area (Å²) < 4.78 is 12.2. The molecule has 2 heteroatoms. The van der Waals surface area contributed by atoms with Crippen LogP contribution in [0.2, 0.25) is 0 Å². The van der Waals surface area contributed by atoms with Crippen LogP contribution in [0.5, 0.6) is 23.0 Å². The molecule has 5 aromatic rings. The highest BCUT2D eigenvalue weighted by Crippen LogP contribution is 2.40.